The zero-order valence-corrected chi connectivity index (χ0v) is 14.3. The number of benzene rings is 2. The molecule has 0 fully saturated rings. The molecule has 0 bridgehead atoms. The molecule has 2 aromatic carbocycles. The Hall–Kier alpha value is -1.98. The van der Waals surface area contributed by atoms with Crippen molar-refractivity contribution in [1.82, 2.24) is 5.01 Å². The summed E-state index contributed by atoms with van der Waals surface area (Å²) in [6.07, 6.45) is 1.01. The Labute approximate surface area is 143 Å². The molecule has 3 rings (SSSR count). The van der Waals surface area contributed by atoms with Gasteiger partial charge in [0.2, 0.25) is 0 Å². The van der Waals surface area contributed by atoms with Crippen molar-refractivity contribution in [2.24, 2.45) is 5.10 Å². The number of carbonyl (C=O) groups is 1. The van der Waals surface area contributed by atoms with Crippen LogP contribution in [0.1, 0.15) is 35.7 Å². The predicted octanol–water partition coefficient (Wildman–Crippen LogP) is 3.91. The van der Waals surface area contributed by atoms with E-state index in [1.165, 1.54) is 5.01 Å². The normalized spacial score (nSPS) is 20.5. The van der Waals surface area contributed by atoms with Crippen molar-refractivity contribution in [2.45, 2.75) is 25.5 Å². The summed E-state index contributed by atoms with van der Waals surface area (Å²) in [7, 11) is 0. The molecule has 1 aliphatic heterocycles. The molecule has 23 heavy (non-hydrogen) atoms. The topological polar surface area (TPSA) is 52.9 Å². The maximum atomic E-state index is 12.9. The number of nitrogens with zero attached hydrogens (tertiary/aromatic N) is 2. The Morgan fingerprint density at radius 1 is 1.22 bits per heavy atom. The summed E-state index contributed by atoms with van der Waals surface area (Å²) in [5, 5.41) is 16.8. The van der Waals surface area contributed by atoms with Gasteiger partial charge < -0.3 is 5.11 Å². The van der Waals surface area contributed by atoms with E-state index in [4.69, 9.17) is 0 Å². The van der Waals surface area contributed by atoms with Crippen molar-refractivity contribution < 1.29 is 9.90 Å². The zero-order valence-electron chi connectivity index (χ0n) is 12.7. The Bertz CT molecular complexity index is 761. The number of hydrazone groups is 1. The van der Waals surface area contributed by atoms with Crippen molar-refractivity contribution >= 4 is 27.5 Å². The molecule has 0 saturated heterocycles. The van der Waals surface area contributed by atoms with E-state index in [-0.39, 0.29) is 5.91 Å². The third kappa shape index (κ3) is 2.82. The van der Waals surface area contributed by atoms with Crippen LogP contribution >= 0.6 is 15.9 Å². The first-order chi connectivity index (χ1) is 11.1. The fourth-order valence-electron chi connectivity index (χ4n) is 2.71. The summed E-state index contributed by atoms with van der Waals surface area (Å²) < 4.78 is 0.681. The number of hydrogen-bond acceptors (Lipinski definition) is 3. The number of hydrogen-bond donors (Lipinski definition) is 1. The lowest BCUT2D eigenvalue weighted by Crippen LogP contribution is -2.43. The van der Waals surface area contributed by atoms with Crippen molar-refractivity contribution in [1.29, 1.82) is 0 Å². The van der Waals surface area contributed by atoms with Crippen LogP contribution in [-0.4, -0.2) is 21.7 Å². The maximum Gasteiger partial charge on any atom is 0.278 e. The van der Waals surface area contributed by atoms with Crippen LogP contribution in [0.4, 0.5) is 0 Å². The van der Waals surface area contributed by atoms with Crippen LogP contribution in [-0.2, 0) is 5.72 Å². The van der Waals surface area contributed by atoms with E-state index >= 15 is 0 Å². The molecular weight excluding hydrogens is 356 g/mol. The molecule has 0 spiro atoms. The van der Waals surface area contributed by atoms with Gasteiger partial charge >= 0.3 is 0 Å². The second-order valence-electron chi connectivity index (χ2n) is 5.48. The van der Waals surface area contributed by atoms with Crippen LogP contribution in [0.15, 0.2) is 64.2 Å². The smallest absolute Gasteiger partial charge is 0.278 e. The monoisotopic (exact) mass is 372 g/mol. The summed E-state index contributed by atoms with van der Waals surface area (Å²) in [6.45, 7) is 1.97. The Balaban J connectivity index is 2.05. The van der Waals surface area contributed by atoms with Crippen LogP contribution in [0.25, 0.3) is 0 Å². The van der Waals surface area contributed by atoms with Gasteiger partial charge in [-0.05, 0) is 34.5 Å². The lowest BCUT2D eigenvalue weighted by atomic mass is 9.96. The SMILES string of the molecule is CCC1=NN(C(=O)c2ccccc2Br)[C@](O)(c2ccccc2)C1. The first-order valence-corrected chi connectivity index (χ1v) is 8.29. The fraction of sp³-hybridized carbons (Fsp3) is 0.222. The lowest BCUT2D eigenvalue weighted by molar-refractivity contribution is -0.0766. The van der Waals surface area contributed by atoms with E-state index in [1.807, 2.05) is 43.3 Å². The third-order valence-corrected chi connectivity index (χ3v) is 4.67. The van der Waals surface area contributed by atoms with Gasteiger partial charge in [0.15, 0.2) is 5.72 Å². The Kier molecular flexibility index (Phi) is 4.33. The van der Waals surface area contributed by atoms with E-state index in [1.54, 1.807) is 18.2 Å². The molecule has 1 N–H and O–H groups in total. The molecule has 1 heterocycles. The van der Waals surface area contributed by atoms with E-state index in [0.717, 1.165) is 5.71 Å². The van der Waals surface area contributed by atoms with Crippen LogP contribution in [0.3, 0.4) is 0 Å². The summed E-state index contributed by atoms with van der Waals surface area (Å²) in [5.41, 5.74) is 0.492. The molecule has 0 radical (unpaired) electrons. The maximum absolute atomic E-state index is 12.9. The minimum absolute atomic E-state index is 0.323. The van der Waals surface area contributed by atoms with Gasteiger partial charge in [-0.25, -0.2) is 0 Å². The van der Waals surface area contributed by atoms with Crippen molar-refractivity contribution in [3.05, 3.63) is 70.2 Å². The van der Waals surface area contributed by atoms with Gasteiger partial charge in [-0.2, -0.15) is 10.1 Å². The van der Waals surface area contributed by atoms with Gasteiger partial charge in [-0.15, -0.1) is 0 Å². The minimum Gasteiger partial charge on any atom is -0.365 e. The third-order valence-electron chi connectivity index (χ3n) is 3.98. The number of halogens is 1. The van der Waals surface area contributed by atoms with Crippen LogP contribution in [0.2, 0.25) is 0 Å². The van der Waals surface area contributed by atoms with Gasteiger partial charge in [0.1, 0.15) is 0 Å². The zero-order chi connectivity index (χ0) is 16.4. The van der Waals surface area contributed by atoms with Crippen LogP contribution in [0, 0.1) is 0 Å². The Morgan fingerprint density at radius 3 is 2.52 bits per heavy atom. The van der Waals surface area contributed by atoms with E-state index in [2.05, 4.69) is 21.0 Å². The second kappa shape index (κ2) is 6.26. The highest BCUT2D eigenvalue weighted by Crippen LogP contribution is 2.37. The molecule has 4 nitrogen and oxygen atoms in total. The van der Waals surface area contributed by atoms with Gasteiger partial charge in [0.25, 0.3) is 5.91 Å². The summed E-state index contributed by atoms with van der Waals surface area (Å²) in [4.78, 5) is 12.9. The predicted molar refractivity (Wildman–Crippen MR) is 93.0 cm³/mol. The molecule has 5 heteroatoms. The number of carbonyl (C=O) groups excluding carboxylic acids is 1. The van der Waals surface area contributed by atoms with Gasteiger partial charge in [-0.1, -0.05) is 49.4 Å². The molecule has 0 aliphatic carbocycles. The van der Waals surface area contributed by atoms with E-state index < -0.39 is 5.72 Å². The van der Waals surface area contributed by atoms with Gasteiger partial charge in [0.05, 0.1) is 5.56 Å². The molecule has 0 aromatic heterocycles. The molecule has 0 unspecified atom stereocenters. The molecule has 1 amide bonds. The lowest BCUT2D eigenvalue weighted by Gasteiger charge is -2.31. The van der Waals surface area contributed by atoms with E-state index in [9.17, 15) is 9.90 Å². The second-order valence-corrected chi connectivity index (χ2v) is 6.33. The van der Waals surface area contributed by atoms with Crippen LogP contribution < -0.4 is 0 Å². The van der Waals surface area contributed by atoms with Crippen LogP contribution in [0.5, 0.6) is 0 Å². The Morgan fingerprint density at radius 2 is 1.87 bits per heavy atom. The minimum atomic E-state index is -1.45. The number of aliphatic hydroxyl groups is 1. The molecule has 0 saturated carbocycles. The molecule has 1 atom stereocenters. The first kappa shape index (κ1) is 15.9. The highest BCUT2D eigenvalue weighted by Gasteiger charge is 2.45. The van der Waals surface area contributed by atoms with Gasteiger partial charge in [0, 0.05) is 22.2 Å². The first-order valence-electron chi connectivity index (χ1n) is 7.49. The van der Waals surface area contributed by atoms with Crippen molar-refractivity contribution in [3.8, 4) is 0 Å². The van der Waals surface area contributed by atoms with Crippen molar-refractivity contribution in [3.63, 3.8) is 0 Å². The summed E-state index contributed by atoms with van der Waals surface area (Å²) in [6, 6.07) is 16.4. The molecule has 118 valence electrons. The summed E-state index contributed by atoms with van der Waals surface area (Å²) >= 11 is 3.39. The highest BCUT2D eigenvalue weighted by atomic mass is 79.9. The molecule has 1 aliphatic rings. The standard InChI is InChI=1S/C18H17BrN2O2/c1-2-14-12-18(23,13-8-4-3-5-9-13)21(20-14)17(22)15-10-6-7-11-16(15)19/h3-11,23H,2,12H2,1H3/t18-/m1/s1. The quantitative estimate of drug-likeness (QED) is 0.887. The highest BCUT2D eigenvalue weighted by molar-refractivity contribution is 9.10. The summed E-state index contributed by atoms with van der Waals surface area (Å²) in [5.74, 6) is -0.327. The fourth-order valence-corrected chi connectivity index (χ4v) is 3.16. The molecule has 2 aromatic rings. The largest absolute Gasteiger partial charge is 0.365 e. The van der Waals surface area contributed by atoms with Crippen molar-refractivity contribution in [2.75, 3.05) is 0 Å². The number of rotatable bonds is 3. The number of amides is 1. The van der Waals surface area contributed by atoms with E-state index in [0.29, 0.717) is 28.4 Å². The van der Waals surface area contributed by atoms with Gasteiger partial charge in [-0.3, -0.25) is 4.79 Å². The average molecular weight is 373 g/mol. The molecular formula is C18H17BrN2O2. The average Bonchev–Trinajstić information content (AvgIpc) is 2.94.